The zero-order chi connectivity index (χ0) is 27.6. The molecule has 0 spiro atoms. The molecule has 2 fully saturated rings. The normalized spacial score (nSPS) is 23.8. The highest BCUT2D eigenvalue weighted by atomic mass is 16.6. The number of benzene rings is 1. The topological polar surface area (TPSA) is 98.2 Å². The van der Waals surface area contributed by atoms with Gasteiger partial charge in [0.15, 0.2) is 0 Å². The minimum Gasteiger partial charge on any atom is -0.495 e. The Morgan fingerprint density at radius 1 is 1.16 bits per heavy atom. The number of carbonyl (C=O) groups is 2. The Kier molecular flexibility index (Phi) is 8.31. The van der Waals surface area contributed by atoms with E-state index in [1.807, 2.05) is 57.2 Å². The number of carboxylic acids is 1. The second-order valence-electron chi connectivity index (χ2n) is 11.7. The van der Waals surface area contributed by atoms with Crippen LogP contribution in [0, 0.1) is 11.3 Å². The number of aliphatic carboxylic acids is 1. The van der Waals surface area contributed by atoms with Crippen LogP contribution in [0.25, 0.3) is 0 Å². The van der Waals surface area contributed by atoms with E-state index >= 15 is 0 Å². The summed E-state index contributed by atoms with van der Waals surface area (Å²) in [4.78, 5) is 32.2. The molecule has 2 aliphatic rings. The zero-order valence-electron chi connectivity index (χ0n) is 23.2. The van der Waals surface area contributed by atoms with Crippen molar-refractivity contribution in [2.45, 2.75) is 90.7 Å². The van der Waals surface area contributed by atoms with Crippen molar-refractivity contribution in [2.24, 2.45) is 11.3 Å². The van der Waals surface area contributed by atoms with Gasteiger partial charge in [0.25, 0.3) is 0 Å². The highest BCUT2D eigenvalue weighted by molar-refractivity contribution is 5.82. The summed E-state index contributed by atoms with van der Waals surface area (Å²) in [5.74, 6) is -0.515. The quantitative estimate of drug-likeness (QED) is 0.455. The second-order valence-corrected chi connectivity index (χ2v) is 11.7. The maximum absolute atomic E-state index is 13.5. The van der Waals surface area contributed by atoms with Gasteiger partial charge in [-0.15, -0.1) is 0 Å². The molecule has 2 aromatic rings. The molecule has 1 aliphatic heterocycles. The Hall–Kier alpha value is -3.13. The Balaban J connectivity index is 1.77. The molecule has 1 aromatic heterocycles. The fourth-order valence-electron chi connectivity index (χ4n) is 5.72. The van der Waals surface area contributed by atoms with Crippen molar-refractivity contribution in [1.29, 1.82) is 0 Å². The van der Waals surface area contributed by atoms with Crippen molar-refractivity contribution in [2.75, 3.05) is 7.11 Å². The fourth-order valence-corrected chi connectivity index (χ4v) is 5.72. The van der Waals surface area contributed by atoms with Crippen LogP contribution in [0.5, 0.6) is 5.75 Å². The molecule has 1 saturated heterocycles. The van der Waals surface area contributed by atoms with Crippen molar-refractivity contribution >= 4 is 12.1 Å². The number of carboxylic acid groups (broad SMARTS) is 1. The summed E-state index contributed by atoms with van der Waals surface area (Å²) in [6, 6.07) is 9.74. The highest BCUT2D eigenvalue weighted by Gasteiger charge is 2.59. The molecule has 0 radical (unpaired) electrons. The molecule has 1 amide bonds. The molecule has 1 aliphatic carbocycles. The smallest absolute Gasteiger partial charge is 0.411 e. The van der Waals surface area contributed by atoms with Gasteiger partial charge in [-0.05, 0) is 43.7 Å². The van der Waals surface area contributed by atoms with Crippen LogP contribution in [0.1, 0.15) is 82.7 Å². The predicted molar refractivity (Wildman–Crippen MR) is 143 cm³/mol. The van der Waals surface area contributed by atoms with Gasteiger partial charge in [0.05, 0.1) is 38.2 Å². The molecular weight excluding hydrogens is 484 g/mol. The number of aromatic nitrogens is 1. The summed E-state index contributed by atoms with van der Waals surface area (Å²) in [5.41, 5.74) is 2.19. The number of carbonyl (C=O) groups excluding carboxylic acids is 1. The lowest BCUT2D eigenvalue weighted by atomic mass is 9.73. The van der Waals surface area contributed by atoms with Gasteiger partial charge in [-0.1, -0.05) is 57.5 Å². The summed E-state index contributed by atoms with van der Waals surface area (Å²) < 4.78 is 17.8. The Morgan fingerprint density at radius 2 is 1.84 bits per heavy atom. The predicted octanol–water partition coefficient (Wildman–Crippen LogP) is 5.96. The Morgan fingerprint density at radius 3 is 2.37 bits per heavy atom. The number of pyridine rings is 1. The van der Waals surface area contributed by atoms with Crippen molar-refractivity contribution in [3.05, 3.63) is 59.4 Å². The number of ether oxygens (including phenoxy) is 3. The third-order valence-electron chi connectivity index (χ3n) is 7.69. The molecule has 2 heterocycles. The van der Waals surface area contributed by atoms with Gasteiger partial charge < -0.3 is 19.3 Å². The van der Waals surface area contributed by atoms with E-state index in [9.17, 15) is 14.7 Å². The molecule has 206 valence electrons. The summed E-state index contributed by atoms with van der Waals surface area (Å²) in [6.07, 6.45) is 3.53. The fraction of sp³-hybridized carbons (Fsp3) is 0.567. The number of amides is 1. The standard InChI is InChI=1S/C30H40N2O6/c1-18(2)38-29(35)32-25(20-11-8-7-9-12-20)27(24(30(3,4)5)26(32)28(33)34)37-17-21-15-22(19-13-10-14-19)31-16-23(21)36-6/h7-9,11-12,15-16,18-19,24-27H,10,13-14,17H2,1-6H3,(H,33,34)/t24-,25+,26+,27+/m1/s1. The van der Waals surface area contributed by atoms with E-state index in [2.05, 4.69) is 4.98 Å². The van der Waals surface area contributed by atoms with Crippen LogP contribution >= 0.6 is 0 Å². The van der Waals surface area contributed by atoms with Crippen LogP contribution in [0.2, 0.25) is 0 Å². The summed E-state index contributed by atoms with van der Waals surface area (Å²) >= 11 is 0. The van der Waals surface area contributed by atoms with E-state index in [1.54, 1.807) is 27.2 Å². The number of hydrogen-bond acceptors (Lipinski definition) is 6. The molecule has 4 atom stereocenters. The molecule has 0 bridgehead atoms. The maximum Gasteiger partial charge on any atom is 0.411 e. The minimum atomic E-state index is -1.12. The van der Waals surface area contributed by atoms with Gasteiger partial charge in [0, 0.05) is 23.1 Å². The number of methoxy groups -OCH3 is 1. The van der Waals surface area contributed by atoms with Crippen molar-refractivity contribution < 1.29 is 28.9 Å². The maximum atomic E-state index is 13.5. The lowest BCUT2D eigenvalue weighted by Crippen LogP contribution is -2.47. The van der Waals surface area contributed by atoms with Crippen LogP contribution in [-0.4, -0.2) is 52.4 Å². The van der Waals surface area contributed by atoms with Crippen LogP contribution in [0.15, 0.2) is 42.6 Å². The van der Waals surface area contributed by atoms with Crippen molar-refractivity contribution in [1.82, 2.24) is 9.88 Å². The molecule has 0 unspecified atom stereocenters. The van der Waals surface area contributed by atoms with E-state index in [-0.39, 0.29) is 6.61 Å². The van der Waals surface area contributed by atoms with Crippen LogP contribution in [-0.2, 0) is 20.9 Å². The molecule has 1 saturated carbocycles. The lowest BCUT2D eigenvalue weighted by molar-refractivity contribution is -0.145. The summed E-state index contributed by atoms with van der Waals surface area (Å²) in [6.45, 7) is 9.68. The SMILES string of the molecule is COc1cnc(C2CCC2)cc1CO[C@H]1[C@H](C(C)(C)C)[C@@H](C(=O)O)N(C(=O)OC(C)C)[C@H]1c1ccccc1. The van der Waals surface area contributed by atoms with Gasteiger partial charge in [0.2, 0.25) is 0 Å². The number of likely N-dealkylation sites (tertiary alicyclic amines) is 1. The van der Waals surface area contributed by atoms with Crippen LogP contribution < -0.4 is 4.74 Å². The van der Waals surface area contributed by atoms with Crippen LogP contribution in [0.4, 0.5) is 4.79 Å². The van der Waals surface area contributed by atoms with Gasteiger partial charge >= 0.3 is 12.1 Å². The van der Waals surface area contributed by atoms with Crippen molar-refractivity contribution in [3.8, 4) is 5.75 Å². The molecule has 1 aromatic carbocycles. The highest BCUT2D eigenvalue weighted by Crippen LogP contribution is 2.50. The molecule has 1 N–H and O–H groups in total. The third kappa shape index (κ3) is 5.65. The minimum absolute atomic E-state index is 0.200. The van der Waals surface area contributed by atoms with Crippen LogP contribution in [0.3, 0.4) is 0 Å². The second kappa shape index (κ2) is 11.3. The van der Waals surface area contributed by atoms with Gasteiger partial charge in [0.1, 0.15) is 11.8 Å². The first-order valence-corrected chi connectivity index (χ1v) is 13.4. The first kappa shape index (κ1) is 27.9. The first-order chi connectivity index (χ1) is 18.0. The molecule has 4 rings (SSSR count). The number of rotatable bonds is 8. The lowest BCUT2D eigenvalue weighted by Gasteiger charge is -2.35. The molecular formula is C30H40N2O6. The Bertz CT molecular complexity index is 1130. The third-order valence-corrected chi connectivity index (χ3v) is 7.69. The van der Waals surface area contributed by atoms with E-state index in [0.717, 1.165) is 29.7 Å². The van der Waals surface area contributed by atoms with Gasteiger partial charge in [-0.25, -0.2) is 9.59 Å². The molecule has 8 heteroatoms. The summed E-state index contributed by atoms with van der Waals surface area (Å²) in [5, 5.41) is 10.4. The largest absolute Gasteiger partial charge is 0.495 e. The van der Waals surface area contributed by atoms with E-state index < -0.39 is 47.7 Å². The number of nitrogens with zero attached hydrogens (tertiary/aromatic N) is 2. The zero-order valence-corrected chi connectivity index (χ0v) is 23.2. The monoisotopic (exact) mass is 524 g/mol. The Labute approximate surface area is 225 Å². The first-order valence-electron chi connectivity index (χ1n) is 13.4. The van der Waals surface area contributed by atoms with E-state index in [1.165, 1.54) is 11.3 Å². The average molecular weight is 525 g/mol. The van der Waals surface area contributed by atoms with Crippen molar-refractivity contribution in [3.63, 3.8) is 0 Å². The average Bonchev–Trinajstić information content (AvgIpc) is 3.18. The van der Waals surface area contributed by atoms with E-state index in [4.69, 9.17) is 14.2 Å². The molecule has 8 nitrogen and oxygen atoms in total. The molecule has 38 heavy (non-hydrogen) atoms. The van der Waals surface area contributed by atoms with E-state index in [0.29, 0.717) is 11.7 Å². The van der Waals surface area contributed by atoms with Gasteiger partial charge in [-0.2, -0.15) is 0 Å². The number of hydrogen-bond donors (Lipinski definition) is 1. The summed E-state index contributed by atoms with van der Waals surface area (Å²) in [7, 11) is 1.61. The van der Waals surface area contributed by atoms with Gasteiger partial charge in [-0.3, -0.25) is 9.88 Å².